The highest BCUT2D eigenvalue weighted by molar-refractivity contribution is 5.96. The fourth-order valence-corrected chi connectivity index (χ4v) is 3.22. The molecule has 0 saturated carbocycles. The molecule has 0 radical (unpaired) electrons. The van der Waals surface area contributed by atoms with E-state index in [0.717, 1.165) is 11.3 Å². The second-order valence-corrected chi connectivity index (χ2v) is 7.66. The van der Waals surface area contributed by atoms with E-state index in [0.29, 0.717) is 25.1 Å². The molecule has 6 heteroatoms. The number of benzene rings is 1. The molecule has 2 heterocycles. The molecule has 134 valence electrons. The van der Waals surface area contributed by atoms with Gasteiger partial charge in [0.15, 0.2) is 5.78 Å². The minimum absolute atomic E-state index is 0.0171. The van der Waals surface area contributed by atoms with Gasteiger partial charge in [-0.25, -0.2) is 0 Å². The van der Waals surface area contributed by atoms with Crippen LogP contribution in [0.15, 0.2) is 18.2 Å². The van der Waals surface area contributed by atoms with Crippen LogP contribution in [0.4, 0.5) is 5.69 Å². The highest BCUT2D eigenvalue weighted by Gasteiger charge is 2.33. The van der Waals surface area contributed by atoms with Crippen molar-refractivity contribution in [1.29, 1.82) is 0 Å². The third-order valence-corrected chi connectivity index (χ3v) is 4.21. The van der Waals surface area contributed by atoms with Gasteiger partial charge in [0.25, 0.3) is 0 Å². The summed E-state index contributed by atoms with van der Waals surface area (Å²) in [5.74, 6) is 0.366. The number of ether oxygens (including phenoxy) is 2. The first-order valence-corrected chi connectivity index (χ1v) is 8.51. The molecule has 3 rings (SSSR count). The lowest BCUT2D eigenvalue weighted by molar-refractivity contribution is -0.155. The van der Waals surface area contributed by atoms with E-state index in [1.54, 1.807) is 11.0 Å². The summed E-state index contributed by atoms with van der Waals surface area (Å²) in [4.78, 5) is 37.6. The number of carbonyl (C=O) groups is 3. The Kier molecular flexibility index (Phi) is 4.54. The van der Waals surface area contributed by atoms with Crippen LogP contribution in [0.5, 0.6) is 5.75 Å². The molecule has 1 fully saturated rings. The molecule has 0 N–H and O–H groups in total. The van der Waals surface area contributed by atoms with E-state index in [4.69, 9.17) is 9.47 Å². The van der Waals surface area contributed by atoms with Crippen LogP contribution in [-0.2, 0) is 25.5 Å². The van der Waals surface area contributed by atoms with Crippen molar-refractivity contribution in [3.63, 3.8) is 0 Å². The molecule has 1 atom stereocenters. The van der Waals surface area contributed by atoms with Crippen LogP contribution in [-0.4, -0.2) is 36.4 Å². The lowest BCUT2D eigenvalue weighted by Gasteiger charge is -2.22. The second kappa shape index (κ2) is 6.50. The van der Waals surface area contributed by atoms with Gasteiger partial charge in [0.05, 0.1) is 6.42 Å². The first-order valence-electron chi connectivity index (χ1n) is 8.51. The predicted molar refractivity (Wildman–Crippen MR) is 91.6 cm³/mol. The third-order valence-electron chi connectivity index (χ3n) is 4.21. The van der Waals surface area contributed by atoms with Crippen molar-refractivity contribution in [3.05, 3.63) is 23.8 Å². The van der Waals surface area contributed by atoms with Gasteiger partial charge in [-0.1, -0.05) is 0 Å². The number of hydrogen-bond donors (Lipinski definition) is 0. The number of Topliss-reactive ketones (excluding diaryl/α,β-unsaturated/α-hetero) is 1. The Morgan fingerprint density at radius 3 is 2.80 bits per heavy atom. The van der Waals surface area contributed by atoms with Crippen LogP contribution in [0.2, 0.25) is 0 Å². The van der Waals surface area contributed by atoms with E-state index >= 15 is 0 Å². The van der Waals surface area contributed by atoms with Crippen LogP contribution >= 0.6 is 0 Å². The highest BCUT2D eigenvalue weighted by atomic mass is 16.6. The van der Waals surface area contributed by atoms with E-state index in [1.807, 2.05) is 32.9 Å². The van der Waals surface area contributed by atoms with E-state index in [2.05, 4.69) is 0 Å². The maximum Gasteiger partial charge on any atom is 0.306 e. The Balaban J connectivity index is 1.68. The minimum Gasteiger partial charge on any atom is -0.486 e. The predicted octanol–water partition coefficient (Wildman–Crippen LogP) is 2.28. The number of anilines is 1. The summed E-state index contributed by atoms with van der Waals surface area (Å²) in [5.41, 5.74) is 1.02. The molecule has 0 aliphatic carbocycles. The largest absolute Gasteiger partial charge is 0.486 e. The third kappa shape index (κ3) is 4.18. The zero-order valence-corrected chi connectivity index (χ0v) is 14.8. The molecule has 0 bridgehead atoms. The summed E-state index contributed by atoms with van der Waals surface area (Å²) < 4.78 is 10.7. The zero-order chi connectivity index (χ0) is 18.2. The van der Waals surface area contributed by atoms with Crippen molar-refractivity contribution in [2.75, 3.05) is 18.1 Å². The standard InChI is InChI=1S/C19H23NO5/c1-19(2,3)25-18(23)7-12-6-17(22)20(10-12)14-4-5-16-13(8-14)9-15(21)11-24-16/h4-5,8,12H,6-7,9-11H2,1-3H3/t12-/m0/s1. The summed E-state index contributed by atoms with van der Waals surface area (Å²) in [5, 5.41) is 0. The molecule has 1 aromatic rings. The van der Waals surface area contributed by atoms with Crippen LogP contribution in [0, 0.1) is 5.92 Å². The molecule has 0 aromatic heterocycles. The van der Waals surface area contributed by atoms with Gasteiger partial charge in [0.1, 0.15) is 18.0 Å². The molecule has 1 amide bonds. The van der Waals surface area contributed by atoms with Crippen molar-refractivity contribution in [3.8, 4) is 5.75 Å². The number of amides is 1. The van der Waals surface area contributed by atoms with Gasteiger partial charge in [0, 0.05) is 30.6 Å². The van der Waals surface area contributed by atoms with Crippen molar-refractivity contribution >= 4 is 23.3 Å². The Bertz CT molecular complexity index is 719. The number of ketones is 1. The average molecular weight is 345 g/mol. The fourth-order valence-electron chi connectivity index (χ4n) is 3.22. The van der Waals surface area contributed by atoms with E-state index in [1.165, 1.54) is 0 Å². The molecule has 2 aliphatic heterocycles. The highest BCUT2D eigenvalue weighted by Crippen LogP contribution is 2.32. The number of rotatable bonds is 3. The van der Waals surface area contributed by atoms with Gasteiger partial charge in [0.2, 0.25) is 5.91 Å². The van der Waals surface area contributed by atoms with Crippen molar-refractivity contribution in [1.82, 2.24) is 0 Å². The Hall–Kier alpha value is -2.37. The Morgan fingerprint density at radius 1 is 1.32 bits per heavy atom. The van der Waals surface area contributed by atoms with Crippen LogP contribution in [0.1, 0.15) is 39.2 Å². The molecule has 6 nitrogen and oxygen atoms in total. The number of esters is 1. The first-order chi connectivity index (χ1) is 11.7. The summed E-state index contributed by atoms with van der Waals surface area (Å²) in [7, 11) is 0. The average Bonchev–Trinajstić information content (AvgIpc) is 2.84. The number of carbonyl (C=O) groups excluding carboxylic acids is 3. The maximum atomic E-state index is 12.4. The summed E-state index contributed by atoms with van der Waals surface area (Å²) >= 11 is 0. The second-order valence-electron chi connectivity index (χ2n) is 7.66. The molecule has 25 heavy (non-hydrogen) atoms. The normalized spacial score (nSPS) is 20.3. The quantitative estimate of drug-likeness (QED) is 0.786. The molecular weight excluding hydrogens is 322 g/mol. The van der Waals surface area contributed by atoms with Gasteiger partial charge in [-0.3, -0.25) is 14.4 Å². The molecule has 1 aromatic carbocycles. The number of nitrogens with zero attached hydrogens (tertiary/aromatic N) is 1. The molecule has 0 unspecified atom stereocenters. The van der Waals surface area contributed by atoms with Crippen LogP contribution in [0.3, 0.4) is 0 Å². The smallest absolute Gasteiger partial charge is 0.306 e. The summed E-state index contributed by atoms with van der Waals surface area (Å²) in [6.07, 6.45) is 0.879. The van der Waals surface area contributed by atoms with Gasteiger partial charge in [-0.2, -0.15) is 0 Å². The first kappa shape index (κ1) is 17.5. The van der Waals surface area contributed by atoms with Gasteiger partial charge < -0.3 is 14.4 Å². The zero-order valence-electron chi connectivity index (χ0n) is 14.8. The lowest BCUT2D eigenvalue weighted by Crippen LogP contribution is -2.27. The monoisotopic (exact) mass is 345 g/mol. The summed E-state index contributed by atoms with van der Waals surface area (Å²) in [6, 6.07) is 5.45. The summed E-state index contributed by atoms with van der Waals surface area (Å²) in [6.45, 7) is 6.06. The van der Waals surface area contributed by atoms with Crippen molar-refractivity contribution in [2.24, 2.45) is 5.92 Å². The SMILES string of the molecule is CC(C)(C)OC(=O)C[C@@H]1CC(=O)N(c2ccc3c(c2)CC(=O)CO3)C1. The van der Waals surface area contributed by atoms with Crippen molar-refractivity contribution in [2.45, 2.75) is 45.6 Å². The van der Waals surface area contributed by atoms with Gasteiger partial charge in [-0.15, -0.1) is 0 Å². The number of hydrogen-bond acceptors (Lipinski definition) is 5. The number of fused-ring (bicyclic) bond motifs is 1. The van der Waals surface area contributed by atoms with E-state index < -0.39 is 5.60 Å². The molecule has 1 saturated heterocycles. The van der Waals surface area contributed by atoms with E-state index in [9.17, 15) is 14.4 Å². The Morgan fingerprint density at radius 2 is 2.08 bits per heavy atom. The molecular formula is C19H23NO5. The molecule has 2 aliphatic rings. The topological polar surface area (TPSA) is 72.9 Å². The van der Waals surface area contributed by atoms with Crippen LogP contribution < -0.4 is 9.64 Å². The molecule has 0 spiro atoms. The Labute approximate surface area is 147 Å². The van der Waals surface area contributed by atoms with Gasteiger partial charge >= 0.3 is 5.97 Å². The van der Waals surface area contributed by atoms with Gasteiger partial charge in [-0.05, 0) is 44.9 Å². The van der Waals surface area contributed by atoms with E-state index in [-0.39, 0.29) is 36.6 Å². The van der Waals surface area contributed by atoms with Crippen molar-refractivity contribution < 1.29 is 23.9 Å². The lowest BCUT2D eigenvalue weighted by atomic mass is 10.0. The fraction of sp³-hybridized carbons (Fsp3) is 0.526. The van der Waals surface area contributed by atoms with Crippen LogP contribution in [0.25, 0.3) is 0 Å². The maximum absolute atomic E-state index is 12.4. The minimum atomic E-state index is -0.523.